The molecule has 3 heterocycles. The first-order valence-corrected chi connectivity index (χ1v) is 13.2. The summed E-state index contributed by atoms with van der Waals surface area (Å²) in [7, 11) is 0.672. The Labute approximate surface area is 212 Å². The second kappa shape index (κ2) is 10.1. The first-order chi connectivity index (χ1) is 18.3. The number of methoxy groups -OCH3 is 1. The molecule has 0 atom stereocenters. The number of anilines is 4. The molecule has 0 saturated heterocycles. The Bertz CT molecular complexity index is 1570. The van der Waals surface area contributed by atoms with E-state index in [0.717, 1.165) is 0 Å². The first-order valence-electron chi connectivity index (χ1n) is 12.1. The molecule has 0 bridgehead atoms. The van der Waals surface area contributed by atoms with Gasteiger partial charge in [-0.3, -0.25) is 9.48 Å². The number of hydrogen-bond acceptors (Lipinski definition) is 10. The zero-order valence-corrected chi connectivity index (χ0v) is 20.9. The van der Waals surface area contributed by atoms with Crippen LogP contribution in [0.1, 0.15) is 14.6 Å². The highest BCUT2D eigenvalue weighted by molar-refractivity contribution is 7.70. The van der Waals surface area contributed by atoms with Crippen LogP contribution in [0, 0.1) is 0 Å². The number of carbonyl (C=O) groups is 1. The van der Waals surface area contributed by atoms with E-state index in [1.807, 2.05) is 5.32 Å². The van der Waals surface area contributed by atoms with Crippen molar-refractivity contribution >= 4 is 41.4 Å². The predicted octanol–water partition coefficient (Wildman–Crippen LogP) is 2.77. The van der Waals surface area contributed by atoms with Gasteiger partial charge in [-0.25, -0.2) is 9.97 Å². The molecule has 0 spiro atoms. The Morgan fingerprint density at radius 1 is 1.08 bits per heavy atom. The number of rotatable bonds is 8. The van der Waals surface area contributed by atoms with E-state index in [0.29, 0.717) is 33.9 Å². The zero-order chi connectivity index (χ0) is 28.4. The maximum atomic E-state index is 12.8. The van der Waals surface area contributed by atoms with Crippen LogP contribution in [0.15, 0.2) is 48.9 Å². The largest absolute Gasteiger partial charge is 0.494 e. The highest BCUT2D eigenvalue weighted by Gasteiger charge is 2.19. The average Bonchev–Trinajstić information content (AvgIpc) is 3.28. The van der Waals surface area contributed by atoms with Crippen LogP contribution in [0.3, 0.4) is 0 Å². The maximum Gasteiger partial charge on any atom is 0.273 e. The molecule has 1 amide bonds. The second-order valence-electron chi connectivity index (χ2n) is 8.07. The minimum absolute atomic E-state index is 0.131. The number of carbonyl (C=O) groups excluding carboxylic acids is 1. The lowest BCUT2D eigenvalue weighted by Crippen LogP contribution is -2.21. The van der Waals surface area contributed by atoms with Crippen molar-refractivity contribution in [1.82, 2.24) is 35.3 Å². The van der Waals surface area contributed by atoms with Crippen LogP contribution in [0.4, 0.5) is 23.0 Å². The van der Waals surface area contributed by atoms with Gasteiger partial charge in [-0.2, -0.15) is 5.10 Å². The Hall–Kier alpha value is -4.31. The molecule has 13 heteroatoms. The summed E-state index contributed by atoms with van der Waals surface area (Å²) in [6.45, 7) is 0.552. The summed E-state index contributed by atoms with van der Waals surface area (Å²) in [5.41, 5.74) is 0.879. The number of benzene rings is 1. The molecule has 0 fully saturated rings. The lowest BCUT2D eigenvalue weighted by Gasteiger charge is -2.16. The van der Waals surface area contributed by atoms with Crippen molar-refractivity contribution in [3.63, 3.8) is 0 Å². The van der Waals surface area contributed by atoms with E-state index in [4.69, 9.17) is 8.85 Å². The van der Waals surface area contributed by atoms with Crippen molar-refractivity contribution in [2.24, 2.45) is 7.05 Å². The molecule has 12 nitrogen and oxygen atoms in total. The van der Waals surface area contributed by atoms with Gasteiger partial charge in [-0.1, -0.05) is 6.07 Å². The molecular formula is C23H26N9O3P. The lowest BCUT2D eigenvalue weighted by atomic mass is 10.1. The minimum Gasteiger partial charge on any atom is -0.494 e. The molecule has 1 aromatic carbocycles. The van der Waals surface area contributed by atoms with E-state index in [1.54, 1.807) is 61.7 Å². The van der Waals surface area contributed by atoms with Gasteiger partial charge in [0.2, 0.25) is 0 Å². The lowest BCUT2D eigenvalue weighted by molar-refractivity contribution is 0.0958. The molecule has 4 rings (SSSR count). The summed E-state index contributed by atoms with van der Waals surface area (Å²) in [5.74, 6) is 0.390. The van der Waals surface area contributed by atoms with Crippen molar-refractivity contribution < 1.29 is 18.2 Å². The molecule has 0 saturated carbocycles. The standard InChI is InChI=1S/C23H26N9O3P/c1-24-23(33)20-17(12-19(29-30-20)28-18-11-14(9-10-25-18)36(4,5)34)27-16-8-6-7-15(21(16)35-3)22-26-13-32(2)31-22/h6-13H,1-5H3,(H,24,33)(H2,25,27,28,29)/i1D3. The maximum absolute atomic E-state index is 12.8. The molecule has 3 aromatic heterocycles. The van der Waals surface area contributed by atoms with Crippen molar-refractivity contribution in [2.45, 2.75) is 0 Å². The number of hydrogen-bond donors (Lipinski definition) is 3. The highest BCUT2D eigenvalue weighted by Crippen LogP contribution is 2.37. The monoisotopic (exact) mass is 510 g/mol. The van der Waals surface area contributed by atoms with Crippen LogP contribution in [0.2, 0.25) is 0 Å². The van der Waals surface area contributed by atoms with Crippen LogP contribution in [0.5, 0.6) is 5.75 Å². The van der Waals surface area contributed by atoms with Crippen molar-refractivity contribution in [1.29, 1.82) is 0 Å². The molecule has 186 valence electrons. The predicted molar refractivity (Wildman–Crippen MR) is 138 cm³/mol. The van der Waals surface area contributed by atoms with Gasteiger partial charge in [0.25, 0.3) is 5.91 Å². The zero-order valence-electron chi connectivity index (χ0n) is 23.0. The number of ether oxygens (including phenoxy) is 1. The van der Waals surface area contributed by atoms with Crippen molar-refractivity contribution in [3.05, 3.63) is 54.6 Å². The molecule has 0 aliphatic carbocycles. The fourth-order valence-corrected chi connectivity index (χ4v) is 4.23. The number of amides is 1. The number of nitrogens with one attached hydrogen (secondary N) is 3. The Morgan fingerprint density at radius 3 is 2.61 bits per heavy atom. The summed E-state index contributed by atoms with van der Waals surface area (Å²) in [5, 5.41) is 20.9. The van der Waals surface area contributed by atoms with Crippen LogP contribution in [-0.4, -0.2) is 63.3 Å². The number of para-hydroxylation sites is 1. The van der Waals surface area contributed by atoms with Gasteiger partial charge < -0.3 is 25.3 Å². The van der Waals surface area contributed by atoms with Gasteiger partial charge in [0.15, 0.2) is 23.1 Å². The van der Waals surface area contributed by atoms with Gasteiger partial charge in [-0.15, -0.1) is 10.2 Å². The fraction of sp³-hybridized carbons (Fsp3) is 0.217. The average molecular weight is 511 g/mol. The summed E-state index contributed by atoms with van der Waals surface area (Å²) in [6.07, 6.45) is 3.07. The van der Waals surface area contributed by atoms with Gasteiger partial charge in [0, 0.05) is 35.7 Å². The van der Waals surface area contributed by atoms with E-state index in [9.17, 15) is 9.36 Å². The molecule has 3 N–H and O–H groups in total. The normalized spacial score (nSPS) is 12.7. The van der Waals surface area contributed by atoms with E-state index in [-0.39, 0.29) is 17.2 Å². The van der Waals surface area contributed by atoms with Gasteiger partial charge in [-0.05, 0) is 37.6 Å². The second-order valence-corrected chi connectivity index (χ2v) is 11.3. The van der Waals surface area contributed by atoms with E-state index in [1.165, 1.54) is 19.4 Å². The number of nitrogens with zero attached hydrogens (tertiary/aromatic N) is 6. The minimum atomic E-state index is -2.74. The van der Waals surface area contributed by atoms with Gasteiger partial charge in [0.05, 0.1) is 24.0 Å². The summed E-state index contributed by atoms with van der Waals surface area (Å²) >= 11 is 0. The molecule has 0 aliphatic heterocycles. The fourth-order valence-electron chi connectivity index (χ4n) is 3.37. The molecule has 0 unspecified atom stereocenters. The smallest absolute Gasteiger partial charge is 0.273 e. The highest BCUT2D eigenvalue weighted by atomic mass is 31.2. The number of aromatic nitrogens is 6. The summed E-state index contributed by atoms with van der Waals surface area (Å²) < 4.78 is 41.9. The quantitative estimate of drug-likeness (QED) is 0.302. The Morgan fingerprint density at radius 2 is 1.92 bits per heavy atom. The van der Waals surface area contributed by atoms with Gasteiger partial charge >= 0.3 is 0 Å². The summed E-state index contributed by atoms with van der Waals surface area (Å²) in [6, 6.07) is 10.0. The third kappa shape index (κ3) is 5.33. The topological polar surface area (TPSA) is 149 Å². The van der Waals surface area contributed by atoms with E-state index < -0.39 is 20.0 Å². The third-order valence-electron chi connectivity index (χ3n) is 5.07. The number of pyridine rings is 1. The molecule has 0 radical (unpaired) electrons. The van der Waals surface area contributed by atoms with Crippen LogP contribution in [-0.2, 0) is 11.6 Å². The summed E-state index contributed by atoms with van der Waals surface area (Å²) in [4.78, 5) is 21.3. The Balaban J connectivity index is 1.75. The van der Waals surface area contributed by atoms with Crippen molar-refractivity contribution in [2.75, 3.05) is 38.0 Å². The molecule has 0 aliphatic rings. The van der Waals surface area contributed by atoms with E-state index in [2.05, 4.69) is 35.9 Å². The Kier molecular flexibility index (Phi) is 5.91. The van der Waals surface area contributed by atoms with Crippen LogP contribution >= 0.6 is 7.14 Å². The molecule has 4 aromatic rings. The molecule has 36 heavy (non-hydrogen) atoms. The third-order valence-corrected chi connectivity index (χ3v) is 6.59. The number of aryl methyl sites for hydroxylation is 1. The van der Waals surface area contributed by atoms with Crippen LogP contribution < -0.4 is 26.0 Å². The van der Waals surface area contributed by atoms with Crippen molar-refractivity contribution in [3.8, 4) is 17.1 Å². The van der Waals surface area contributed by atoms with Gasteiger partial charge in [0.1, 0.15) is 19.3 Å². The SMILES string of the molecule is [2H]C([2H])([2H])NC(=O)c1nnc(Nc2cc(P(C)(C)=O)ccn2)cc1Nc1cccc(-c2ncn(C)n2)c1OC. The first kappa shape index (κ1) is 21.0. The van der Waals surface area contributed by atoms with E-state index >= 15 is 0 Å². The van der Waals surface area contributed by atoms with Crippen LogP contribution in [0.25, 0.3) is 11.4 Å². The molecular weight excluding hydrogens is 481 g/mol.